The largest absolute Gasteiger partial charge is 0.355 e. The fourth-order valence-corrected chi connectivity index (χ4v) is 3.94. The maximum atomic E-state index is 12.1. The van der Waals surface area contributed by atoms with Crippen molar-refractivity contribution in [2.75, 3.05) is 12.3 Å². The molecule has 0 bridgehead atoms. The van der Waals surface area contributed by atoms with Gasteiger partial charge < -0.3 is 9.88 Å². The summed E-state index contributed by atoms with van der Waals surface area (Å²) in [5, 5.41) is 4.02. The third-order valence-electron chi connectivity index (χ3n) is 4.64. The number of unbranched alkanes of at least 4 members (excludes halogenated alkanes) is 1. The van der Waals surface area contributed by atoms with Gasteiger partial charge in [0.15, 0.2) is 5.16 Å². The Kier molecular flexibility index (Phi) is 7.89. The van der Waals surface area contributed by atoms with Gasteiger partial charge in [0.2, 0.25) is 5.91 Å². The molecule has 0 aliphatic heterocycles. The van der Waals surface area contributed by atoms with Crippen molar-refractivity contribution in [3.05, 3.63) is 23.0 Å². The van der Waals surface area contributed by atoms with E-state index in [1.807, 2.05) is 6.92 Å². The van der Waals surface area contributed by atoms with Gasteiger partial charge in [0.05, 0.1) is 11.4 Å². The summed E-state index contributed by atoms with van der Waals surface area (Å²) in [5.74, 6) is 0.554. The summed E-state index contributed by atoms with van der Waals surface area (Å²) < 4.78 is 2.25. The number of imidazole rings is 1. The highest BCUT2D eigenvalue weighted by atomic mass is 32.2. The molecule has 1 amide bonds. The van der Waals surface area contributed by atoms with Gasteiger partial charge in [-0.1, -0.05) is 36.8 Å². The van der Waals surface area contributed by atoms with Crippen LogP contribution in [0.25, 0.3) is 0 Å². The van der Waals surface area contributed by atoms with Crippen molar-refractivity contribution >= 4 is 17.7 Å². The molecule has 0 fully saturated rings. The molecule has 4 nitrogen and oxygen atoms in total. The number of hydrogen-bond donors (Lipinski definition) is 1. The molecule has 134 valence electrons. The molecule has 2 rings (SSSR count). The lowest BCUT2D eigenvalue weighted by Gasteiger charge is -2.13. The first-order chi connectivity index (χ1) is 11.6. The quantitative estimate of drug-likeness (QED) is 0.531. The van der Waals surface area contributed by atoms with Gasteiger partial charge in [-0.25, -0.2) is 4.98 Å². The SMILES string of the molecule is CCCCn1c(SCC(=O)NCCC2=CCCCC2)nc(C)c1C. The van der Waals surface area contributed by atoms with E-state index in [1.54, 1.807) is 11.8 Å². The number of aromatic nitrogens is 2. The minimum atomic E-state index is 0.108. The van der Waals surface area contributed by atoms with Crippen molar-refractivity contribution in [2.45, 2.75) is 77.4 Å². The molecule has 24 heavy (non-hydrogen) atoms. The van der Waals surface area contributed by atoms with Crippen molar-refractivity contribution in [3.63, 3.8) is 0 Å². The van der Waals surface area contributed by atoms with Crippen molar-refractivity contribution in [1.29, 1.82) is 0 Å². The average Bonchev–Trinajstić information content (AvgIpc) is 2.86. The Labute approximate surface area is 150 Å². The molecule has 0 spiro atoms. The average molecular weight is 350 g/mol. The summed E-state index contributed by atoms with van der Waals surface area (Å²) in [6.07, 6.45) is 10.7. The summed E-state index contributed by atoms with van der Waals surface area (Å²) >= 11 is 1.55. The Bertz CT molecular complexity index is 577. The van der Waals surface area contributed by atoms with E-state index < -0.39 is 0 Å². The second-order valence-corrected chi connectivity index (χ2v) is 7.51. The fraction of sp³-hybridized carbons (Fsp3) is 0.684. The van der Waals surface area contributed by atoms with E-state index in [0.717, 1.165) is 43.2 Å². The highest BCUT2D eigenvalue weighted by Crippen LogP contribution is 2.22. The van der Waals surface area contributed by atoms with Gasteiger partial charge in [-0.2, -0.15) is 0 Å². The predicted octanol–water partition coefficient (Wildman–Crippen LogP) is 4.40. The Morgan fingerprint density at radius 1 is 1.38 bits per heavy atom. The van der Waals surface area contributed by atoms with Crippen LogP contribution in [0.5, 0.6) is 0 Å². The van der Waals surface area contributed by atoms with E-state index in [0.29, 0.717) is 5.75 Å². The van der Waals surface area contributed by atoms with Gasteiger partial charge in [0.25, 0.3) is 0 Å². The van der Waals surface area contributed by atoms with E-state index in [2.05, 4.69) is 34.8 Å². The normalized spacial score (nSPS) is 14.5. The van der Waals surface area contributed by atoms with Gasteiger partial charge >= 0.3 is 0 Å². The first-order valence-corrected chi connectivity index (χ1v) is 10.2. The molecule has 1 N–H and O–H groups in total. The van der Waals surface area contributed by atoms with Crippen molar-refractivity contribution in [1.82, 2.24) is 14.9 Å². The Balaban J connectivity index is 1.76. The van der Waals surface area contributed by atoms with Crippen LogP contribution in [0.1, 0.15) is 63.3 Å². The first-order valence-electron chi connectivity index (χ1n) is 9.23. The lowest BCUT2D eigenvalue weighted by Crippen LogP contribution is -2.26. The van der Waals surface area contributed by atoms with Crippen LogP contribution < -0.4 is 5.32 Å². The predicted molar refractivity (Wildman–Crippen MR) is 102 cm³/mol. The van der Waals surface area contributed by atoms with Crippen LogP contribution in [0.4, 0.5) is 0 Å². The fourth-order valence-electron chi connectivity index (χ4n) is 2.99. The van der Waals surface area contributed by atoms with E-state index in [9.17, 15) is 4.79 Å². The number of amides is 1. The molecular formula is C19H31N3OS. The molecule has 5 heteroatoms. The zero-order chi connectivity index (χ0) is 17.4. The zero-order valence-electron chi connectivity index (χ0n) is 15.4. The third kappa shape index (κ3) is 5.69. The molecule has 1 aliphatic rings. The maximum Gasteiger partial charge on any atom is 0.230 e. The monoisotopic (exact) mass is 349 g/mol. The number of allylic oxidation sites excluding steroid dienone is 1. The standard InChI is InChI=1S/C19H31N3OS/c1-4-5-13-22-16(3)15(2)21-19(22)24-14-18(23)20-12-11-17-9-7-6-8-10-17/h9H,4-8,10-14H2,1-3H3,(H,20,23). The summed E-state index contributed by atoms with van der Waals surface area (Å²) in [4.78, 5) is 16.7. The molecule has 0 radical (unpaired) electrons. The summed E-state index contributed by atoms with van der Waals surface area (Å²) in [5.41, 5.74) is 3.80. The maximum absolute atomic E-state index is 12.1. The Hall–Kier alpha value is -1.23. The van der Waals surface area contributed by atoms with E-state index in [-0.39, 0.29) is 5.91 Å². The third-order valence-corrected chi connectivity index (χ3v) is 5.62. The van der Waals surface area contributed by atoms with Gasteiger partial charge in [-0.05, 0) is 52.4 Å². The van der Waals surface area contributed by atoms with Gasteiger partial charge in [0, 0.05) is 18.8 Å². The van der Waals surface area contributed by atoms with Crippen molar-refractivity contribution < 1.29 is 4.79 Å². The van der Waals surface area contributed by atoms with Gasteiger partial charge in [0.1, 0.15) is 0 Å². The van der Waals surface area contributed by atoms with Crippen LogP contribution in [-0.2, 0) is 11.3 Å². The number of hydrogen-bond acceptors (Lipinski definition) is 3. The molecule has 0 atom stereocenters. The summed E-state index contributed by atoms with van der Waals surface area (Å²) in [6.45, 7) is 8.09. The summed E-state index contributed by atoms with van der Waals surface area (Å²) in [6, 6.07) is 0. The van der Waals surface area contributed by atoms with E-state index >= 15 is 0 Å². The van der Waals surface area contributed by atoms with Gasteiger partial charge in [-0.3, -0.25) is 4.79 Å². The van der Waals surface area contributed by atoms with Crippen LogP contribution >= 0.6 is 11.8 Å². The number of aryl methyl sites for hydroxylation is 1. The second kappa shape index (κ2) is 9.92. The molecule has 1 aromatic heterocycles. The number of carbonyl (C=O) groups excluding carboxylic acids is 1. The Morgan fingerprint density at radius 3 is 2.92 bits per heavy atom. The van der Waals surface area contributed by atoms with Gasteiger partial charge in [-0.15, -0.1) is 0 Å². The molecule has 0 saturated heterocycles. The molecule has 1 aliphatic carbocycles. The lowest BCUT2D eigenvalue weighted by atomic mass is 9.97. The topological polar surface area (TPSA) is 46.9 Å². The second-order valence-electron chi connectivity index (χ2n) is 6.57. The van der Waals surface area contributed by atoms with Crippen molar-refractivity contribution in [2.24, 2.45) is 0 Å². The van der Waals surface area contributed by atoms with Crippen LogP contribution in [0, 0.1) is 13.8 Å². The zero-order valence-corrected chi connectivity index (χ0v) is 16.2. The molecule has 1 aromatic rings. The van der Waals surface area contributed by atoms with E-state index in [1.165, 1.54) is 37.0 Å². The number of thioether (sulfide) groups is 1. The molecule has 0 saturated carbocycles. The molecule has 0 aromatic carbocycles. The lowest BCUT2D eigenvalue weighted by molar-refractivity contribution is -0.118. The number of nitrogens with zero attached hydrogens (tertiary/aromatic N) is 2. The Morgan fingerprint density at radius 2 is 2.21 bits per heavy atom. The van der Waals surface area contributed by atoms with E-state index in [4.69, 9.17) is 0 Å². The van der Waals surface area contributed by atoms with Crippen LogP contribution in [0.2, 0.25) is 0 Å². The smallest absolute Gasteiger partial charge is 0.230 e. The highest BCUT2D eigenvalue weighted by molar-refractivity contribution is 7.99. The highest BCUT2D eigenvalue weighted by Gasteiger charge is 2.13. The molecular weight excluding hydrogens is 318 g/mol. The number of nitrogens with one attached hydrogen (secondary N) is 1. The summed E-state index contributed by atoms with van der Waals surface area (Å²) in [7, 11) is 0. The minimum absolute atomic E-state index is 0.108. The number of carbonyl (C=O) groups is 1. The van der Waals surface area contributed by atoms with Crippen LogP contribution in [0.15, 0.2) is 16.8 Å². The number of rotatable bonds is 9. The van der Waals surface area contributed by atoms with Crippen LogP contribution in [0.3, 0.4) is 0 Å². The molecule has 1 heterocycles. The first kappa shape index (κ1) is 19.1. The van der Waals surface area contributed by atoms with Crippen molar-refractivity contribution in [3.8, 4) is 0 Å². The minimum Gasteiger partial charge on any atom is -0.355 e. The molecule has 0 unspecified atom stereocenters. The van der Waals surface area contributed by atoms with Crippen LogP contribution in [-0.4, -0.2) is 27.8 Å².